The van der Waals surface area contributed by atoms with E-state index in [9.17, 15) is 14.4 Å². The number of nitrogens with one attached hydrogen (secondary N) is 2. The highest BCUT2D eigenvalue weighted by atomic mass is 16.4. The first-order valence-electron chi connectivity index (χ1n) is 6.16. The fourth-order valence-electron chi connectivity index (χ4n) is 1.40. The van der Waals surface area contributed by atoms with E-state index in [4.69, 9.17) is 15.9 Å². The number of rotatable bonds is 10. The monoisotopic (exact) mass is 275 g/mol. The molecule has 0 aromatic rings. The minimum absolute atomic E-state index is 0.0425. The Kier molecular flexibility index (Phi) is 9.15. The summed E-state index contributed by atoms with van der Waals surface area (Å²) in [6.45, 7) is 0.668. The van der Waals surface area contributed by atoms with Gasteiger partial charge in [-0.1, -0.05) is 0 Å². The summed E-state index contributed by atoms with van der Waals surface area (Å²) >= 11 is 0. The third-order valence-corrected chi connectivity index (χ3v) is 2.40. The number of nitrogens with two attached hydrogens (primary N) is 1. The normalized spacial score (nSPS) is 11.6. The third kappa shape index (κ3) is 9.83. The number of urea groups is 1. The van der Waals surface area contributed by atoms with Crippen molar-refractivity contribution in [3.8, 4) is 0 Å². The summed E-state index contributed by atoms with van der Waals surface area (Å²) in [5.41, 5.74) is 5.30. The molecule has 0 saturated heterocycles. The van der Waals surface area contributed by atoms with Crippen LogP contribution in [0.2, 0.25) is 0 Å². The molecule has 0 aliphatic carbocycles. The number of aliphatic carboxylic acids is 2. The Balaban J connectivity index is 3.89. The van der Waals surface area contributed by atoms with Crippen molar-refractivity contribution < 1.29 is 24.6 Å². The molecule has 19 heavy (non-hydrogen) atoms. The van der Waals surface area contributed by atoms with Gasteiger partial charge in [0.15, 0.2) is 0 Å². The second-order valence-corrected chi connectivity index (χ2v) is 4.07. The van der Waals surface area contributed by atoms with Gasteiger partial charge < -0.3 is 26.6 Å². The van der Waals surface area contributed by atoms with Gasteiger partial charge in [0.2, 0.25) is 0 Å². The molecule has 0 heterocycles. The van der Waals surface area contributed by atoms with Crippen LogP contribution < -0.4 is 16.4 Å². The molecule has 0 aliphatic rings. The van der Waals surface area contributed by atoms with Gasteiger partial charge in [-0.15, -0.1) is 0 Å². The van der Waals surface area contributed by atoms with E-state index in [-0.39, 0.29) is 13.0 Å². The number of hydrogen-bond donors (Lipinski definition) is 5. The highest BCUT2D eigenvalue weighted by Gasteiger charge is 2.18. The molecule has 0 saturated carbocycles. The molecule has 2 amide bonds. The van der Waals surface area contributed by atoms with Gasteiger partial charge in [-0.3, -0.25) is 4.79 Å². The van der Waals surface area contributed by atoms with Crippen LogP contribution in [-0.2, 0) is 9.59 Å². The van der Waals surface area contributed by atoms with Crippen LogP contribution in [0.25, 0.3) is 0 Å². The number of carboxylic acid groups (broad SMARTS) is 2. The van der Waals surface area contributed by atoms with Gasteiger partial charge in [0, 0.05) is 13.0 Å². The summed E-state index contributed by atoms with van der Waals surface area (Å²) in [6, 6.07) is -1.56. The maximum absolute atomic E-state index is 11.4. The lowest BCUT2D eigenvalue weighted by atomic mass is 10.1. The molecule has 0 unspecified atom stereocenters. The first-order chi connectivity index (χ1) is 8.97. The van der Waals surface area contributed by atoms with E-state index < -0.39 is 24.0 Å². The number of carbonyl (C=O) groups is 3. The molecule has 0 bridgehead atoms. The first-order valence-corrected chi connectivity index (χ1v) is 6.16. The average Bonchev–Trinajstić information content (AvgIpc) is 2.33. The highest BCUT2D eigenvalue weighted by molar-refractivity contribution is 5.82. The Bertz CT molecular complexity index is 309. The third-order valence-electron chi connectivity index (χ3n) is 2.40. The second-order valence-electron chi connectivity index (χ2n) is 4.07. The molecular formula is C11H21N3O5. The quantitative estimate of drug-likeness (QED) is 0.347. The van der Waals surface area contributed by atoms with Crippen LogP contribution in [0, 0.1) is 0 Å². The number of unbranched alkanes of at least 4 members (excludes halogenated alkanes) is 1. The molecule has 110 valence electrons. The molecule has 0 spiro atoms. The summed E-state index contributed by atoms with van der Waals surface area (Å²) in [5, 5.41) is 22.1. The number of hydrogen-bond acceptors (Lipinski definition) is 4. The van der Waals surface area contributed by atoms with Gasteiger partial charge in [0.25, 0.3) is 0 Å². The van der Waals surface area contributed by atoms with Gasteiger partial charge in [0.1, 0.15) is 6.04 Å². The van der Waals surface area contributed by atoms with Crippen molar-refractivity contribution in [3.05, 3.63) is 0 Å². The molecular weight excluding hydrogens is 254 g/mol. The zero-order chi connectivity index (χ0) is 14.7. The van der Waals surface area contributed by atoms with Crippen LogP contribution in [0.4, 0.5) is 4.79 Å². The maximum Gasteiger partial charge on any atom is 0.326 e. The van der Waals surface area contributed by atoms with Crippen molar-refractivity contribution in [1.29, 1.82) is 0 Å². The average molecular weight is 275 g/mol. The van der Waals surface area contributed by atoms with Crippen molar-refractivity contribution in [2.75, 3.05) is 13.1 Å². The predicted molar refractivity (Wildman–Crippen MR) is 67.7 cm³/mol. The Morgan fingerprint density at radius 2 is 1.79 bits per heavy atom. The SMILES string of the molecule is NCCCC[C@H](NC(=O)NCCCC(=O)O)C(=O)O. The fourth-order valence-corrected chi connectivity index (χ4v) is 1.40. The van der Waals surface area contributed by atoms with Crippen LogP contribution in [0.1, 0.15) is 32.1 Å². The van der Waals surface area contributed by atoms with E-state index in [0.29, 0.717) is 32.2 Å². The molecule has 1 atom stereocenters. The van der Waals surface area contributed by atoms with Gasteiger partial charge in [-0.25, -0.2) is 9.59 Å². The van der Waals surface area contributed by atoms with Crippen molar-refractivity contribution in [2.24, 2.45) is 5.73 Å². The van der Waals surface area contributed by atoms with Gasteiger partial charge in [-0.2, -0.15) is 0 Å². The van der Waals surface area contributed by atoms with E-state index in [0.717, 1.165) is 0 Å². The fraction of sp³-hybridized carbons (Fsp3) is 0.727. The minimum atomic E-state index is -1.10. The van der Waals surface area contributed by atoms with E-state index in [2.05, 4.69) is 10.6 Å². The molecule has 0 rings (SSSR count). The highest BCUT2D eigenvalue weighted by Crippen LogP contribution is 2.00. The smallest absolute Gasteiger partial charge is 0.326 e. The van der Waals surface area contributed by atoms with Gasteiger partial charge >= 0.3 is 18.0 Å². The summed E-state index contributed by atoms with van der Waals surface area (Å²) in [6.07, 6.45) is 1.89. The zero-order valence-corrected chi connectivity index (χ0v) is 10.7. The first kappa shape index (κ1) is 17.2. The molecule has 6 N–H and O–H groups in total. The topological polar surface area (TPSA) is 142 Å². The Hall–Kier alpha value is -1.83. The van der Waals surface area contributed by atoms with Crippen molar-refractivity contribution >= 4 is 18.0 Å². The van der Waals surface area contributed by atoms with E-state index in [1.165, 1.54) is 0 Å². The number of carboxylic acids is 2. The van der Waals surface area contributed by atoms with Gasteiger partial charge in [-0.05, 0) is 32.2 Å². The van der Waals surface area contributed by atoms with Crippen molar-refractivity contribution in [2.45, 2.75) is 38.1 Å². The Morgan fingerprint density at radius 3 is 2.32 bits per heavy atom. The summed E-state index contributed by atoms with van der Waals surface area (Å²) in [4.78, 5) is 32.5. The van der Waals surface area contributed by atoms with Crippen molar-refractivity contribution in [1.82, 2.24) is 10.6 Å². The van der Waals surface area contributed by atoms with Crippen LogP contribution in [0.5, 0.6) is 0 Å². The minimum Gasteiger partial charge on any atom is -0.481 e. The zero-order valence-electron chi connectivity index (χ0n) is 10.7. The molecule has 8 nitrogen and oxygen atoms in total. The Morgan fingerprint density at radius 1 is 1.11 bits per heavy atom. The molecule has 0 aromatic heterocycles. The second kappa shape index (κ2) is 10.1. The lowest BCUT2D eigenvalue weighted by molar-refractivity contribution is -0.139. The molecule has 0 radical (unpaired) electrons. The largest absolute Gasteiger partial charge is 0.481 e. The predicted octanol–water partition coefficient (Wildman–Crippen LogP) is -0.267. The number of amides is 2. The lowest BCUT2D eigenvalue weighted by Crippen LogP contribution is -2.46. The summed E-state index contributed by atoms with van der Waals surface area (Å²) in [7, 11) is 0. The molecule has 0 aliphatic heterocycles. The standard InChI is InChI=1S/C11H21N3O5/c12-6-2-1-4-8(10(17)18)14-11(19)13-7-3-5-9(15)16/h8H,1-7,12H2,(H,15,16)(H,17,18)(H2,13,14,19)/t8-/m0/s1. The van der Waals surface area contributed by atoms with Gasteiger partial charge in [0.05, 0.1) is 0 Å². The maximum atomic E-state index is 11.4. The Labute approximate surface area is 111 Å². The van der Waals surface area contributed by atoms with E-state index >= 15 is 0 Å². The van der Waals surface area contributed by atoms with Crippen LogP contribution in [0.15, 0.2) is 0 Å². The summed E-state index contributed by atoms with van der Waals surface area (Å²) in [5.74, 6) is -2.04. The summed E-state index contributed by atoms with van der Waals surface area (Å²) < 4.78 is 0. The molecule has 0 fully saturated rings. The molecule has 0 aromatic carbocycles. The molecule has 8 heteroatoms. The van der Waals surface area contributed by atoms with Crippen molar-refractivity contribution in [3.63, 3.8) is 0 Å². The van der Waals surface area contributed by atoms with Crippen LogP contribution in [-0.4, -0.2) is 47.3 Å². The van der Waals surface area contributed by atoms with Crippen LogP contribution >= 0.6 is 0 Å². The van der Waals surface area contributed by atoms with E-state index in [1.54, 1.807) is 0 Å². The van der Waals surface area contributed by atoms with Crippen LogP contribution in [0.3, 0.4) is 0 Å². The van der Waals surface area contributed by atoms with E-state index in [1.807, 2.05) is 0 Å². The lowest BCUT2D eigenvalue weighted by Gasteiger charge is -2.14. The number of carbonyl (C=O) groups excluding carboxylic acids is 1.